The van der Waals surface area contributed by atoms with Gasteiger partial charge in [0.05, 0.1) is 13.2 Å². The molecule has 0 aromatic heterocycles. The van der Waals surface area contributed by atoms with Gasteiger partial charge in [-0.25, -0.2) is 4.39 Å². The number of hydrogen-bond donors (Lipinski definition) is 0. The first kappa shape index (κ1) is 12.6. The van der Waals surface area contributed by atoms with E-state index in [0.717, 1.165) is 5.56 Å². The molecule has 0 aliphatic carbocycles. The lowest BCUT2D eigenvalue weighted by Gasteiger charge is -2.15. The Balaban J connectivity index is 2.45. The number of rotatable bonds is 5. The third-order valence-corrected chi connectivity index (χ3v) is 2.05. The highest BCUT2D eigenvalue weighted by Crippen LogP contribution is 2.06. The largest absolute Gasteiger partial charge is 0.465 e. The van der Waals surface area contributed by atoms with Crippen molar-refractivity contribution in [3.05, 3.63) is 35.6 Å². The fourth-order valence-electron chi connectivity index (χ4n) is 1.43. The van der Waals surface area contributed by atoms with Crippen molar-refractivity contribution in [1.29, 1.82) is 0 Å². The third kappa shape index (κ3) is 4.40. The van der Waals surface area contributed by atoms with E-state index in [9.17, 15) is 9.18 Å². The van der Waals surface area contributed by atoms with Crippen LogP contribution in [0.15, 0.2) is 24.3 Å². The van der Waals surface area contributed by atoms with Crippen LogP contribution in [0.5, 0.6) is 0 Å². The minimum absolute atomic E-state index is 0.213. The van der Waals surface area contributed by atoms with Gasteiger partial charge in [0.25, 0.3) is 0 Å². The summed E-state index contributed by atoms with van der Waals surface area (Å²) in [6, 6.07) is 6.34. The topological polar surface area (TPSA) is 29.5 Å². The van der Waals surface area contributed by atoms with Gasteiger partial charge in [-0.15, -0.1) is 0 Å². The summed E-state index contributed by atoms with van der Waals surface area (Å²) in [5, 5.41) is 0. The molecule has 0 radical (unpaired) electrons. The first-order valence-corrected chi connectivity index (χ1v) is 5.20. The highest BCUT2D eigenvalue weighted by molar-refractivity contribution is 5.71. The molecule has 0 aliphatic heterocycles. The average Bonchev–Trinajstić information content (AvgIpc) is 2.17. The van der Waals surface area contributed by atoms with Crippen molar-refractivity contribution in [3.8, 4) is 0 Å². The molecular formula is C12H16FNO2. The Morgan fingerprint density at radius 3 is 2.88 bits per heavy atom. The second-order valence-corrected chi connectivity index (χ2v) is 3.61. The molecule has 0 N–H and O–H groups in total. The Hall–Kier alpha value is -1.42. The van der Waals surface area contributed by atoms with Crippen LogP contribution in [-0.2, 0) is 16.1 Å². The smallest absolute Gasteiger partial charge is 0.320 e. The molecule has 1 rings (SSSR count). The molecule has 1 aromatic carbocycles. The number of halogens is 1. The Morgan fingerprint density at radius 1 is 1.50 bits per heavy atom. The summed E-state index contributed by atoms with van der Waals surface area (Å²) >= 11 is 0. The quantitative estimate of drug-likeness (QED) is 0.716. The van der Waals surface area contributed by atoms with Crippen molar-refractivity contribution in [2.24, 2.45) is 0 Å². The van der Waals surface area contributed by atoms with Gasteiger partial charge in [-0.2, -0.15) is 0 Å². The summed E-state index contributed by atoms with van der Waals surface area (Å²) in [5.41, 5.74) is 0.840. The molecule has 0 spiro atoms. The number of nitrogens with zero attached hydrogens (tertiary/aromatic N) is 1. The van der Waals surface area contributed by atoms with Gasteiger partial charge in [-0.1, -0.05) is 12.1 Å². The van der Waals surface area contributed by atoms with E-state index in [1.165, 1.54) is 12.1 Å². The molecule has 0 unspecified atom stereocenters. The molecule has 0 bridgehead atoms. The molecule has 0 heterocycles. The number of carbonyl (C=O) groups excluding carboxylic acids is 1. The molecule has 0 saturated carbocycles. The highest BCUT2D eigenvalue weighted by Gasteiger charge is 2.07. The van der Waals surface area contributed by atoms with E-state index >= 15 is 0 Å². The van der Waals surface area contributed by atoms with Gasteiger partial charge >= 0.3 is 5.97 Å². The normalized spacial score (nSPS) is 10.5. The average molecular weight is 225 g/mol. The molecule has 1 aromatic rings. The predicted octanol–water partition coefficient (Wildman–Crippen LogP) is 1.82. The van der Waals surface area contributed by atoms with E-state index in [1.54, 1.807) is 24.9 Å². The fraction of sp³-hybridized carbons (Fsp3) is 0.417. The zero-order valence-electron chi connectivity index (χ0n) is 9.57. The van der Waals surface area contributed by atoms with Gasteiger partial charge < -0.3 is 4.74 Å². The minimum atomic E-state index is -0.263. The minimum Gasteiger partial charge on any atom is -0.465 e. The van der Waals surface area contributed by atoms with E-state index in [0.29, 0.717) is 13.2 Å². The molecule has 3 nitrogen and oxygen atoms in total. The number of ether oxygens (including phenoxy) is 1. The van der Waals surface area contributed by atoms with Crippen LogP contribution in [0.25, 0.3) is 0 Å². The lowest BCUT2D eigenvalue weighted by Crippen LogP contribution is -2.27. The first-order chi connectivity index (χ1) is 7.61. The summed E-state index contributed by atoms with van der Waals surface area (Å²) in [6.45, 7) is 2.89. The maximum atomic E-state index is 12.9. The van der Waals surface area contributed by atoms with Crippen LogP contribution in [0.4, 0.5) is 4.39 Å². The van der Waals surface area contributed by atoms with E-state index < -0.39 is 0 Å². The van der Waals surface area contributed by atoms with Crippen molar-refractivity contribution < 1.29 is 13.9 Å². The third-order valence-electron chi connectivity index (χ3n) is 2.05. The maximum Gasteiger partial charge on any atom is 0.320 e. The van der Waals surface area contributed by atoms with Gasteiger partial charge in [0.1, 0.15) is 5.82 Å². The molecule has 88 valence electrons. The fourth-order valence-corrected chi connectivity index (χ4v) is 1.43. The molecule has 16 heavy (non-hydrogen) atoms. The predicted molar refractivity (Wildman–Crippen MR) is 59.4 cm³/mol. The number of likely N-dealkylation sites (N-methyl/N-ethyl adjacent to an activating group) is 1. The van der Waals surface area contributed by atoms with E-state index in [-0.39, 0.29) is 18.3 Å². The maximum absolute atomic E-state index is 12.9. The van der Waals surface area contributed by atoms with Crippen molar-refractivity contribution in [1.82, 2.24) is 4.90 Å². The summed E-state index contributed by atoms with van der Waals surface area (Å²) in [6.07, 6.45) is 0. The Labute approximate surface area is 94.8 Å². The van der Waals surface area contributed by atoms with Gasteiger partial charge in [-0.3, -0.25) is 9.69 Å². The highest BCUT2D eigenvalue weighted by atomic mass is 19.1. The standard InChI is InChI=1S/C12H16FNO2/c1-3-16-12(15)9-14(2)8-10-5-4-6-11(13)7-10/h4-7H,3,8-9H2,1-2H3. The van der Waals surface area contributed by atoms with Gasteiger partial charge in [0, 0.05) is 6.54 Å². The van der Waals surface area contributed by atoms with Crippen LogP contribution in [0, 0.1) is 5.82 Å². The van der Waals surface area contributed by atoms with Crippen LogP contribution >= 0.6 is 0 Å². The number of esters is 1. The van der Waals surface area contributed by atoms with Crippen molar-refractivity contribution in [2.45, 2.75) is 13.5 Å². The summed E-state index contributed by atoms with van der Waals surface area (Å²) in [5.74, 6) is -0.525. The zero-order valence-corrected chi connectivity index (χ0v) is 9.57. The Kier molecular flexibility index (Phi) is 4.92. The second kappa shape index (κ2) is 6.23. The zero-order chi connectivity index (χ0) is 12.0. The van der Waals surface area contributed by atoms with Crippen molar-refractivity contribution in [3.63, 3.8) is 0 Å². The molecule has 0 aliphatic rings. The number of benzene rings is 1. The Morgan fingerprint density at radius 2 is 2.25 bits per heavy atom. The van der Waals surface area contributed by atoms with Gasteiger partial charge in [0.2, 0.25) is 0 Å². The van der Waals surface area contributed by atoms with Crippen LogP contribution in [0.1, 0.15) is 12.5 Å². The molecular weight excluding hydrogens is 209 g/mol. The van der Waals surface area contributed by atoms with E-state index in [1.807, 2.05) is 6.07 Å². The molecule has 0 fully saturated rings. The van der Waals surface area contributed by atoms with Crippen LogP contribution in [0.3, 0.4) is 0 Å². The lowest BCUT2D eigenvalue weighted by molar-refractivity contribution is -0.144. The van der Waals surface area contributed by atoms with Crippen LogP contribution in [-0.4, -0.2) is 31.1 Å². The Bertz CT molecular complexity index is 355. The summed E-state index contributed by atoms with van der Waals surface area (Å²) < 4.78 is 17.7. The molecule has 0 saturated heterocycles. The molecule has 4 heteroatoms. The van der Waals surface area contributed by atoms with Crippen LogP contribution in [0.2, 0.25) is 0 Å². The van der Waals surface area contributed by atoms with Crippen molar-refractivity contribution >= 4 is 5.97 Å². The van der Waals surface area contributed by atoms with E-state index in [4.69, 9.17) is 4.74 Å². The monoisotopic (exact) mass is 225 g/mol. The van der Waals surface area contributed by atoms with E-state index in [2.05, 4.69) is 0 Å². The van der Waals surface area contributed by atoms with Gasteiger partial charge in [0.15, 0.2) is 0 Å². The SMILES string of the molecule is CCOC(=O)CN(C)Cc1cccc(F)c1. The lowest BCUT2D eigenvalue weighted by atomic mass is 10.2. The van der Waals surface area contributed by atoms with Crippen molar-refractivity contribution in [2.75, 3.05) is 20.2 Å². The summed E-state index contributed by atoms with van der Waals surface area (Å²) in [4.78, 5) is 13.0. The number of hydrogen-bond acceptors (Lipinski definition) is 3. The number of carbonyl (C=O) groups is 1. The molecule has 0 atom stereocenters. The molecule has 0 amide bonds. The summed E-state index contributed by atoms with van der Waals surface area (Å²) in [7, 11) is 1.79. The first-order valence-electron chi connectivity index (χ1n) is 5.20. The van der Waals surface area contributed by atoms with Gasteiger partial charge in [-0.05, 0) is 31.7 Å². The second-order valence-electron chi connectivity index (χ2n) is 3.61. The van der Waals surface area contributed by atoms with Crippen LogP contribution < -0.4 is 0 Å².